The van der Waals surface area contributed by atoms with E-state index in [4.69, 9.17) is 17.3 Å². The summed E-state index contributed by atoms with van der Waals surface area (Å²) in [6, 6.07) is 3.46. The summed E-state index contributed by atoms with van der Waals surface area (Å²) in [5.74, 6) is -2.68. The molecule has 0 bridgehead atoms. The zero-order valence-corrected chi connectivity index (χ0v) is 11.2. The summed E-state index contributed by atoms with van der Waals surface area (Å²) in [7, 11) is 0. The van der Waals surface area contributed by atoms with Crippen LogP contribution in [-0.4, -0.2) is 36.2 Å². The Hall–Kier alpha value is -1.99. The van der Waals surface area contributed by atoms with Gasteiger partial charge in [-0.15, -0.1) is 0 Å². The first-order chi connectivity index (χ1) is 9.49. The van der Waals surface area contributed by atoms with Gasteiger partial charge in [0.15, 0.2) is 0 Å². The molecule has 20 heavy (non-hydrogen) atoms. The van der Waals surface area contributed by atoms with Crippen LogP contribution in [0.3, 0.4) is 0 Å². The largest absolute Gasteiger partial charge is 0.330 e. The van der Waals surface area contributed by atoms with E-state index in [0.717, 1.165) is 12.1 Å². The third kappa shape index (κ3) is 4.29. The maximum Gasteiger partial charge on any atom is 0.318 e. The molecule has 1 aromatic carbocycles. The molecule has 0 unspecified atom stereocenters. The zero-order valence-electron chi connectivity index (χ0n) is 10.4. The van der Waals surface area contributed by atoms with Gasteiger partial charge in [0.05, 0.1) is 5.02 Å². The lowest BCUT2D eigenvalue weighted by atomic mass is 10.3. The number of hydrogen-bond acceptors (Lipinski definition) is 4. The van der Waals surface area contributed by atoms with Crippen molar-refractivity contribution in [2.75, 3.05) is 18.4 Å². The minimum absolute atomic E-state index is 0.0520. The molecule has 3 N–H and O–H groups in total. The first-order valence-corrected chi connectivity index (χ1v) is 6.09. The third-order valence-corrected chi connectivity index (χ3v) is 2.65. The molecule has 1 aromatic rings. The summed E-state index contributed by atoms with van der Waals surface area (Å²) in [5, 5.41) is 2.04. The fourth-order valence-electron chi connectivity index (χ4n) is 1.35. The van der Waals surface area contributed by atoms with Crippen LogP contribution >= 0.6 is 11.6 Å². The highest BCUT2D eigenvalue weighted by molar-refractivity contribution is 6.41. The van der Waals surface area contributed by atoms with E-state index < -0.39 is 17.6 Å². The standard InChI is InChI=1S/C12H13ClFN3O3/c13-9-6-8(2-3-10(9)14)16-11(19)12(20)17(7-18)5-1-4-15/h2-3,6-7H,1,4-5,15H2,(H,16,19). The average molecular weight is 302 g/mol. The first kappa shape index (κ1) is 16.1. The highest BCUT2D eigenvalue weighted by atomic mass is 35.5. The van der Waals surface area contributed by atoms with Gasteiger partial charge in [-0.05, 0) is 31.2 Å². The fourth-order valence-corrected chi connectivity index (χ4v) is 1.53. The van der Waals surface area contributed by atoms with Crippen molar-refractivity contribution in [2.45, 2.75) is 6.42 Å². The van der Waals surface area contributed by atoms with Gasteiger partial charge in [0.25, 0.3) is 0 Å². The van der Waals surface area contributed by atoms with Crippen LogP contribution in [0.15, 0.2) is 18.2 Å². The number of nitrogens with two attached hydrogens (primary N) is 1. The number of amides is 3. The molecule has 3 amide bonds. The number of carbonyl (C=O) groups excluding carboxylic acids is 3. The molecular formula is C12H13ClFN3O3. The van der Waals surface area contributed by atoms with E-state index in [1.807, 2.05) is 0 Å². The molecule has 0 aliphatic heterocycles. The normalized spacial score (nSPS) is 9.95. The Balaban J connectivity index is 2.71. The highest BCUT2D eigenvalue weighted by Gasteiger charge is 2.21. The van der Waals surface area contributed by atoms with Gasteiger partial charge in [-0.2, -0.15) is 0 Å². The van der Waals surface area contributed by atoms with Gasteiger partial charge in [0.1, 0.15) is 5.82 Å². The molecule has 0 radical (unpaired) electrons. The Kier molecular flexibility index (Phi) is 6.08. The maximum atomic E-state index is 12.9. The molecule has 0 aliphatic carbocycles. The first-order valence-electron chi connectivity index (χ1n) is 5.72. The van der Waals surface area contributed by atoms with Crippen LogP contribution in [0.4, 0.5) is 10.1 Å². The number of halogens is 2. The van der Waals surface area contributed by atoms with E-state index in [0.29, 0.717) is 11.3 Å². The SMILES string of the molecule is NCCCN(C=O)C(=O)C(=O)Nc1ccc(F)c(Cl)c1. The average Bonchev–Trinajstić information content (AvgIpc) is 2.43. The van der Waals surface area contributed by atoms with Gasteiger partial charge in [-0.25, -0.2) is 4.39 Å². The van der Waals surface area contributed by atoms with Crippen molar-refractivity contribution in [3.8, 4) is 0 Å². The van der Waals surface area contributed by atoms with E-state index in [2.05, 4.69) is 5.32 Å². The summed E-state index contributed by atoms with van der Waals surface area (Å²) < 4.78 is 12.9. The van der Waals surface area contributed by atoms with E-state index in [-0.39, 0.29) is 30.2 Å². The summed E-state index contributed by atoms with van der Waals surface area (Å²) in [4.78, 5) is 34.8. The van der Waals surface area contributed by atoms with Crippen LogP contribution in [0, 0.1) is 5.82 Å². The molecule has 0 fully saturated rings. The van der Waals surface area contributed by atoms with Crippen molar-refractivity contribution < 1.29 is 18.8 Å². The van der Waals surface area contributed by atoms with Gasteiger partial charge < -0.3 is 11.1 Å². The van der Waals surface area contributed by atoms with E-state index in [1.54, 1.807) is 0 Å². The van der Waals surface area contributed by atoms with Crippen molar-refractivity contribution in [3.63, 3.8) is 0 Å². The summed E-state index contributed by atoms with van der Waals surface area (Å²) in [5.41, 5.74) is 5.41. The van der Waals surface area contributed by atoms with Crippen LogP contribution in [0.2, 0.25) is 5.02 Å². The molecule has 1 rings (SSSR count). The van der Waals surface area contributed by atoms with Gasteiger partial charge in [0, 0.05) is 12.2 Å². The number of nitrogens with zero attached hydrogens (tertiary/aromatic N) is 1. The van der Waals surface area contributed by atoms with Gasteiger partial charge in [-0.3, -0.25) is 19.3 Å². The van der Waals surface area contributed by atoms with Crippen LogP contribution in [-0.2, 0) is 14.4 Å². The monoisotopic (exact) mass is 301 g/mol. The fraction of sp³-hybridized carbons (Fsp3) is 0.250. The molecule has 108 valence electrons. The molecule has 0 aliphatic rings. The van der Waals surface area contributed by atoms with Crippen molar-refractivity contribution in [1.82, 2.24) is 4.90 Å². The quantitative estimate of drug-likeness (QED) is 0.620. The molecular weight excluding hydrogens is 289 g/mol. The molecule has 8 heteroatoms. The second-order valence-electron chi connectivity index (χ2n) is 3.83. The molecule has 0 heterocycles. The van der Waals surface area contributed by atoms with Crippen LogP contribution in [0.5, 0.6) is 0 Å². The lowest BCUT2D eigenvalue weighted by Gasteiger charge is -2.14. The number of imide groups is 1. The Morgan fingerprint density at radius 2 is 2.15 bits per heavy atom. The van der Waals surface area contributed by atoms with Crippen molar-refractivity contribution in [3.05, 3.63) is 29.0 Å². The Morgan fingerprint density at radius 3 is 2.70 bits per heavy atom. The molecule has 0 atom stereocenters. The van der Waals surface area contributed by atoms with Crippen LogP contribution < -0.4 is 11.1 Å². The van der Waals surface area contributed by atoms with E-state index >= 15 is 0 Å². The lowest BCUT2D eigenvalue weighted by molar-refractivity contribution is -0.146. The molecule has 0 spiro atoms. The Labute approximate surface area is 119 Å². The van der Waals surface area contributed by atoms with E-state index in [9.17, 15) is 18.8 Å². The number of benzene rings is 1. The highest BCUT2D eigenvalue weighted by Crippen LogP contribution is 2.19. The Morgan fingerprint density at radius 1 is 1.45 bits per heavy atom. The van der Waals surface area contributed by atoms with Gasteiger partial charge in [0.2, 0.25) is 6.41 Å². The number of hydrogen-bond donors (Lipinski definition) is 2. The molecule has 0 saturated carbocycles. The lowest BCUT2D eigenvalue weighted by Crippen LogP contribution is -2.39. The summed E-state index contributed by atoms with van der Waals surface area (Å²) in [6.07, 6.45) is 0.648. The number of carbonyl (C=O) groups is 3. The van der Waals surface area contributed by atoms with E-state index in [1.165, 1.54) is 6.07 Å². The van der Waals surface area contributed by atoms with Gasteiger partial charge >= 0.3 is 11.8 Å². The summed E-state index contributed by atoms with van der Waals surface area (Å²) >= 11 is 5.54. The third-order valence-electron chi connectivity index (χ3n) is 2.36. The van der Waals surface area contributed by atoms with Crippen molar-refractivity contribution in [2.24, 2.45) is 5.73 Å². The second-order valence-corrected chi connectivity index (χ2v) is 4.24. The minimum atomic E-state index is -1.02. The Bertz CT molecular complexity index is 525. The molecule has 6 nitrogen and oxygen atoms in total. The maximum absolute atomic E-state index is 12.9. The predicted molar refractivity (Wildman–Crippen MR) is 71.5 cm³/mol. The van der Waals surface area contributed by atoms with Crippen molar-refractivity contribution in [1.29, 1.82) is 0 Å². The minimum Gasteiger partial charge on any atom is -0.330 e. The van der Waals surface area contributed by atoms with Crippen LogP contribution in [0.25, 0.3) is 0 Å². The van der Waals surface area contributed by atoms with Crippen LogP contribution in [0.1, 0.15) is 6.42 Å². The molecule has 0 aromatic heterocycles. The second kappa shape index (κ2) is 7.56. The predicted octanol–water partition coefficient (Wildman–Crippen LogP) is 0.751. The zero-order chi connectivity index (χ0) is 15.1. The number of rotatable bonds is 5. The molecule has 0 saturated heterocycles. The van der Waals surface area contributed by atoms with Gasteiger partial charge in [-0.1, -0.05) is 11.6 Å². The number of anilines is 1. The topological polar surface area (TPSA) is 92.5 Å². The van der Waals surface area contributed by atoms with Crippen molar-refractivity contribution >= 4 is 35.5 Å². The smallest absolute Gasteiger partial charge is 0.318 e. The number of nitrogens with one attached hydrogen (secondary N) is 1. The summed E-state index contributed by atoms with van der Waals surface area (Å²) in [6.45, 7) is 0.337.